The number of nitrogens with zero attached hydrogens (tertiary/aromatic N) is 3. The van der Waals surface area contributed by atoms with Gasteiger partial charge in [0.25, 0.3) is 5.56 Å². The highest BCUT2D eigenvalue weighted by Crippen LogP contribution is 2.29. The second kappa shape index (κ2) is 9.89. The van der Waals surface area contributed by atoms with Crippen LogP contribution in [-0.4, -0.2) is 25.6 Å². The number of para-hydroxylation sites is 1. The van der Waals surface area contributed by atoms with Crippen LogP contribution in [-0.2, 0) is 11.3 Å². The van der Waals surface area contributed by atoms with E-state index in [1.165, 1.54) is 23.3 Å². The van der Waals surface area contributed by atoms with Crippen molar-refractivity contribution in [2.24, 2.45) is 0 Å². The van der Waals surface area contributed by atoms with Crippen molar-refractivity contribution in [1.82, 2.24) is 13.9 Å². The number of benzene rings is 2. The van der Waals surface area contributed by atoms with Gasteiger partial charge < -0.3 is 5.32 Å². The summed E-state index contributed by atoms with van der Waals surface area (Å²) in [4.78, 5) is 30.5. The number of carbonyl (C=O) groups is 1. The number of aromatic nitrogens is 3. The van der Waals surface area contributed by atoms with Crippen molar-refractivity contribution in [2.45, 2.75) is 31.5 Å². The van der Waals surface area contributed by atoms with Gasteiger partial charge in [-0.2, -0.15) is 4.37 Å². The average Bonchev–Trinajstić information content (AvgIpc) is 3.23. The fourth-order valence-corrected chi connectivity index (χ4v) is 4.76. The highest BCUT2D eigenvalue weighted by atomic mass is 32.2. The lowest BCUT2D eigenvalue weighted by Crippen LogP contribution is -2.23. The largest absolute Gasteiger partial charge is 0.325 e. The first-order chi connectivity index (χ1) is 15.2. The van der Waals surface area contributed by atoms with Crippen LogP contribution in [0.3, 0.4) is 0 Å². The Bertz CT molecular complexity index is 1240. The first-order valence-corrected chi connectivity index (χ1v) is 11.9. The van der Waals surface area contributed by atoms with E-state index in [9.17, 15) is 9.59 Å². The Morgan fingerprint density at radius 2 is 1.81 bits per heavy atom. The van der Waals surface area contributed by atoms with Crippen molar-refractivity contribution in [2.75, 3.05) is 11.1 Å². The SMILES string of the molecule is CCCCn1c(SCC(=O)Nc2ccccc2)nc2c(-c3ccccc3)nsc2c1=O. The van der Waals surface area contributed by atoms with E-state index in [1.807, 2.05) is 60.7 Å². The van der Waals surface area contributed by atoms with Crippen LogP contribution in [0, 0.1) is 0 Å². The third-order valence-electron chi connectivity index (χ3n) is 4.72. The maximum Gasteiger partial charge on any atom is 0.273 e. The van der Waals surface area contributed by atoms with Gasteiger partial charge in [-0.15, -0.1) is 0 Å². The molecule has 0 aliphatic rings. The predicted octanol–water partition coefficient (Wildman–Crippen LogP) is 5.05. The molecule has 4 rings (SSSR count). The number of fused-ring (bicyclic) bond motifs is 1. The van der Waals surface area contributed by atoms with E-state index < -0.39 is 0 Å². The highest BCUT2D eigenvalue weighted by Gasteiger charge is 2.19. The Balaban J connectivity index is 1.66. The lowest BCUT2D eigenvalue weighted by molar-refractivity contribution is -0.113. The van der Waals surface area contributed by atoms with Crippen LogP contribution >= 0.6 is 23.3 Å². The summed E-state index contributed by atoms with van der Waals surface area (Å²) < 4.78 is 6.75. The first-order valence-electron chi connectivity index (χ1n) is 10.1. The lowest BCUT2D eigenvalue weighted by Gasteiger charge is -2.12. The summed E-state index contributed by atoms with van der Waals surface area (Å²) >= 11 is 2.46. The van der Waals surface area contributed by atoms with Crippen molar-refractivity contribution >= 4 is 45.1 Å². The second-order valence-corrected chi connectivity index (χ2v) is 8.70. The summed E-state index contributed by atoms with van der Waals surface area (Å²) in [5.74, 6) is 0.0244. The van der Waals surface area contributed by atoms with Gasteiger partial charge in [0.15, 0.2) is 5.16 Å². The molecule has 1 N–H and O–H groups in total. The van der Waals surface area contributed by atoms with Gasteiger partial charge in [0.1, 0.15) is 15.9 Å². The standard InChI is InChI=1S/C23H22N4O2S2/c1-2-3-14-27-22(29)21-20(19(26-31-21)16-10-6-4-7-11-16)25-23(27)30-15-18(28)24-17-12-8-5-9-13-17/h4-13H,2-3,14-15H2,1H3,(H,24,28). The number of nitrogens with one attached hydrogen (secondary N) is 1. The minimum atomic E-state index is -0.140. The third kappa shape index (κ3) is 4.86. The van der Waals surface area contributed by atoms with Gasteiger partial charge in [0, 0.05) is 17.8 Å². The molecule has 31 heavy (non-hydrogen) atoms. The minimum absolute atomic E-state index is 0.0934. The van der Waals surface area contributed by atoms with Gasteiger partial charge in [-0.25, -0.2) is 4.98 Å². The van der Waals surface area contributed by atoms with E-state index >= 15 is 0 Å². The molecule has 0 saturated heterocycles. The molecule has 0 fully saturated rings. The van der Waals surface area contributed by atoms with Crippen LogP contribution in [0.1, 0.15) is 19.8 Å². The molecular formula is C23H22N4O2S2. The van der Waals surface area contributed by atoms with Gasteiger partial charge in [-0.3, -0.25) is 14.2 Å². The number of rotatable bonds is 8. The molecule has 0 radical (unpaired) electrons. The molecule has 6 nitrogen and oxygen atoms in total. The van der Waals surface area contributed by atoms with Crippen LogP contribution in [0.25, 0.3) is 21.5 Å². The van der Waals surface area contributed by atoms with E-state index in [2.05, 4.69) is 16.6 Å². The van der Waals surface area contributed by atoms with E-state index in [0.29, 0.717) is 27.6 Å². The lowest BCUT2D eigenvalue weighted by atomic mass is 10.1. The number of anilines is 1. The Morgan fingerprint density at radius 1 is 1.10 bits per heavy atom. The monoisotopic (exact) mass is 450 g/mol. The van der Waals surface area contributed by atoms with Gasteiger partial charge in [0.05, 0.1) is 5.75 Å². The highest BCUT2D eigenvalue weighted by molar-refractivity contribution is 7.99. The zero-order valence-electron chi connectivity index (χ0n) is 17.1. The number of hydrogen-bond acceptors (Lipinski definition) is 6. The Morgan fingerprint density at radius 3 is 2.52 bits per heavy atom. The van der Waals surface area contributed by atoms with Gasteiger partial charge in [-0.05, 0) is 30.1 Å². The maximum atomic E-state index is 13.2. The molecule has 0 spiro atoms. The summed E-state index contributed by atoms with van der Waals surface area (Å²) in [6, 6.07) is 19.0. The molecule has 0 atom stereocenters. The van der Waals surface area contributed by atoms with Gasteiger partial charge in [-0.1, -0.05) is 73.6 Å². The fourth-order valence-electron chi connectivity index (χ4n) is 3.15. The van der Waals surface area contributed by atoms with Crippen molar-refractivity contribution in [3.63, 3.8) is 0 Å². The average molecular weight is 451 g/mol. The molecule has 2 heterocycles. The Kier molecular flexibility index (Phi) is 6.79. The summed E-state index contributed by atoms with van der Waals surface area (Å²) in [5.41, 5.74) is 2.87. The zero-order chi connectivity index (χ0) is 21.6. The normalized spacial score (nSPS) is 11.0. The third-order valence-corrected chi connectivity index (χ3v) is 6.52. The van der Waals surface area contributed by atoms with Gasteiger partial charge in [0.2, 0.25) is 5.91 Å². The smallest absolute Gasteiger partial charge is 0.273 e. The molecule has 2 aromatic carbocycles. The summed E-state index contributed by atoms with van der Waals surface area (Å²) in [5, 5.41) is 3.42. The minimum Gasteiger partial charge on any atom is -0.325 e. The predicted molar refractivity (Wildman–Crippen MR) is 128 cm³/mol. The molecule has 0 aliphatic heterocycles. The molecule has 8 heteroatoms. The molecule has 4 aromatic rings. The molecule has 0 aliphatic carbocycles. The van der Waals surface area contributed by atoms with E-state index in [0.717, 1.165) is 24.1 Å². The van der Waals surface area contributed by atoms with Gasteiger partial charge >= 0.3 is 0 Å². The number of thioether (sulfide) groups is 1. The van der Waals surface area contributed by atoms with Crippen molar-refractivity contribution in [3.05, 3.63) is 71.0 Å². The summed E-state index contributed by atoms with van der Waals surface area (Å²) in [6.45, 7) is 2.65. The quantitative estimate of drug-likeness (QED) is 0.300. The van der Waals surface area contributed by atoms with Crippen molar-refractivity contribution in [3.8, 4) is 11.3 Å². The number of carbonyl (C=O) groups excluding carboxylic acids is 1. The first kappa shape index (κ1) is 21.3. The molecule has 2 aromatic heterocycles. The molecule has 0 unspecified atom stereocenters. The van der Waals surface area contributed by atoms with Crippen LogP contribution in [0.2, 0.25) is 0 Å². The second-order valence-electron chi connectivity index (χ2n) is 6.98. The summed E-state index contributed by atoms with van der Waals surface area (Å²) in [6.07, 6.45) is 1.82. The molecular weight excluding hydrogens is 428 g/mol. The molecule has 158 valence electrons. The molecule has 1 amide bonds. The number of amides is 1. The van der Waals surface area contributed by atoms with Crippen LogP contribution in [0.15, 0.2) is 70.6 Å². The zero-order valence-corrected chi connectivity index (χ0v) is 18.7. The van der Waals surface area contributed by atoms with E-state index in [4.69, 9.17) is 4.98 Å². The van der Waals surface area contributed by atoms with Crippen molar-refractivity contribution in [1.29, 1.82) is 0 Å². The Labute approximate surface area is 188 Å². The molecule has 0 bridgehead atoms. The molecule has 0 saturated carbocycles. The van der Waals surface area contributed by atoms with E-state index in [-0.39, 0.29) is 17.2 Å². The topological polar surface area (TPSA) is 76.9 Å². The number of unbranched alkanes of at least 4 members (excludes halogenated alkanes) is 1. The van der Waals surface area contributed by atoms with Crippen LogP contribution in [0.4, 0.5) is 5.69 Å². The van der Waals surface area contributed by atoms with E-state index in [1.54, 1.807) is 4.57 Å². The fraction of sp³-hybridized carbons (Fsp3) is 0.217. The summed E-state index contributed by atoms with van der Waals surface area (Å²) in [7, 11) is 0. The van der Waals surface area contributed by atoms with Crippen LogP contribution in [0.5, 0.6) is 0 Å². The maximum absolute atomic E-state index is 13.2. The van der Waals surface area contributed by atoms with Crippen LogP contribution < -0.4 is 10.9 Å². The number of hydrogen-bond donors (Lipinski definition) is 1. The Hall–Kier alpha value is -2.97. The van der Waals surface area contributed by atoms with Crippen molar-refractivity contribution < 1.29 is 4.79 Å².